The van der Waals surface area contributed by atoms with E-state index in [1.54, 1.807) is 46.2 Å². The number of aliphatic hydroxyl groups excluding tert-OH is 1. The number of rotatable bonds is 14. The molecule has 3 amide bonds. The summed E-state index contributed by atoms with van der Waals surface area (Å²) in [5, 5.41) is 11.4. The van der Waals surface area contributed by atoms with Gasteiger partial charge in [0.15, 0.2) is 0 Å². The van der Waals surface area contributed by atoms with Gasteiger partial charge in [-0.05, 0) is 80.3 Å². The summed E-state index contributed by atoms with van der Waals surface area (Å²) in [6.45, 7) is 12.1. The number of amides is 3. The number of halogens is 1. The molecule has 0 radical (unpaired) electrons. The van der Waals surface area contributed by atoms with E-state index in [0.717, 1.165) is 0 Å². The Kier molecular flexibility index (Phi) is 10.2. The van der Waals surface area contributed by atoms with E-state index in [-0.39, 0.29) is 30.8 Å². The molecule has 6 atom stereocenters. The third-order valence-electron chi connectivity index (χ3n) is 10.6. The molecule has 9 nitrogen and oxygen atoms in total. The lowest BCUT2D eigenvalue weighted by atomic mass is 9.64. The highest BCUT2D eigenvalue weighted by molar-refractivity contribution is 6.30. The Morgan fingerprint density at radius 1 is 0.960 bits per heavy atom. The predicted octanol–water partition coefficient (Wildman–Crippen LogP) is 6.37. The zero-order valence-electron chi connectivity index (χ0n) is 28.5. The van der Waals surface area contributed by atoms with Crippen LogP contribution in [0.4, 0.5) is 11.4 Å². The molecule has 0 aliphatic carbocycles. The van der Waals surface area contributed by atoms with Gasteiger partial charge in [0.2, 0.25) is 11.8 Å². The number of carbonyl (C=O) groups excluding carboxylic acids is 3. The van der Waals surface area contributed by atoms with Crippen molar-refractivity contribution in [1.29, 1.82) is 0 Å². The van der Waals surface area contributed by atoms with E-state index in [2.05, 4.69) is 13.2 Å². The van der Waals surface area contributed by atoms with Gasteiger partial charge in [-0.25, -0.2) is 0 Å². The fourth-order valence-electron chi connectivity index (χ4n) is 8.40. The molecule has 6 rings (SSSR count). The smallest absolute Gasteiger partial charge is 0.253 e. The maximum absolute atomic E-state index is 15.1. The van der Waals surface area contributed by atoms with E-state index in [9.17, 15) is 9.90 Å². The first-order chi connectivity index (χ1) is 24.2. The van der Waals surface area contributed by atoms with Crippen molar-refractivity contribution in [3.05, 3.63) is 115 Å². The maximum Gasteiger partial charge on any atom is 0.253 e. The normalized spacial score (nSPS) is 25.6. The Balaban J connectivity index is 1.49. The highest BCUT2D eigenvalue weighted by Crippen LogP contribution is 2.65. The molecule has 3 aromatic carbocycles. The lowest BCUT2D eigenvalue weighted by Crippen LogP contribution is -2.57. The van der Waals surface area contributed by atoms with Crippen LogP contribution < -0.4 is 14.5 Å². The molecule has 2 unspecified atom stereocenters. The minimum atomic E-state index is -1.32. The number of ether oxygens (including phenoxy) is 2. The zero-order chi connectivity index (χ0) is 35.6. The molecule has 3 aliphatic heterocycles. The van der Waals surface area contributed by atoms with Gasteiger partial charge in [-0.2, -0.15) is 0 Å². The Morgan fingerprint density at radius 3 is 2.12 bits per heavy atom. The predicted molar refractivity (Wildman–Crippen MR) is 194 cm³/mol. The first kappa shape index (κ1) is 35.4. The summed E-state index contributed by atoms with van der Waals surface area (Å²) in [6, 6.07) is 21.3. The van der Waals surface area contributed by atoms with Crippen LogP contribution in [0.1, 0.15) is 44.7 Å². The Morgan fingerprint density at radius 2 is 1.56 bits per heavy atom. The second kappa shape index (κ2) is 14.4. The van der Waals surface area contributed by atoms with Gasteiger partial charge in [0, 0.05) is 29.5 Å². The lowest BCUT2D eigenvalue weighted by molar-refractivity contribution is -0.149. The first-order valence-corrected chi connectivity index (χ1v) is 17.6. The molecule has 0 aromatic heterocycles. The highest BCUT2D eigenvalue weighted by Gasteiger charge is 2.79. The van der Waals surface area contributed by atoms with Crippen molar-refractivity contribution in [1.82, 2.24) is 4.90 Å². The standard InChI is InChI=1S/C40H44ClN3O6/c1-5-24-42(30-18-20-31(21-19-30)49-8-4)36(46)33-34-37(47)44(32(26-45)27-12-10-9-11-13-27)35(40(34)23-22-39(33,7-3)50-40)38(48)43(25-6-2)29-16-14-28(41)15-17-29/h5-6,9-21,32-35,45H,1-2,7-8,22-26H2,3-4H3/t32-,33+,34+,35?,39-,40?/m1/s1. The molecule has 3 heterocycles. The molecule has 262 valence electrons. The van der Waals surface area contributed by atoms with Crippen LogP contribution in [-0.2, 0) is 19.1 Å². The van der Waals surface area contributed by atoms with Crippen LogP contribution in [0.2, 0.25) is 5.02 Å². The van der Waals surface area contributed by atoms with E-state index >= 15 is 9.59 Å². The minimum Gasteiger partial charge on any atom is -0.494 e. The van der Waals surface area contributed by atoms with Crippen molar-refractivity contribution in [3.8, 4) is 5.75 Å². The van der Waals surface area contributed by atoms with Crippen LogP contribution in [0.25, 0.3) is 0 Å². The van der Waals surface area contributed by atoms with Gasteiger partial charge in [-0.3, -0.25) is 14.4 Å². The number of nitrogens with zero attached hydrogens (tertiary/aromatic N) is 3. The van der Waals surface area contributed by atoms with Crippen molar-refractivity contribution in [3.63, 3.8) is 0 Å². The van der Waals surface area contributed by atoms with Crippen LogP contribution in [0.3, 0.4) is 0 Å². The van der Waals surface area contributed by atoms with E-state index < -0.39 is 41.7 Å². The number of carbonyl (C=O) groups is 3. The summed E-state index contributed by atoms with van der Waals surface area (Å²) < 4.78 is 12.7. The summed E-state index contributed by atoms with van der Waals surface area (Å²) in [5.41, 5.74) is -0.419. The van der Waals surface area contributed by atoms with E-state index in [1.165, 1.54) is 4.90 Å². The van der Waals surface area contributed by atoms with Crippen molar-refractivity contribution in [2.75, 3.05) is 36.1 Å². The van der Waals surface area contributed by atoms with Crippen LogP contribution in [0, 0.1) is 11.8 Å². The molecule has 10 heteroatoms. The zero-order valence-corrected chi connectivity index (χ0v) is 29.3. The number of hydrogen-bond donors (Lipinski definition) is 1. The molecular formula is C40H44ClN3O6. The van der Waals surface area contributed by atoms with Crippen molar-refractivity contribution in [2.24, 2.45) is 11.8 Å². The number of fused-ring (bicyclic) bond motifs is 1. The van der Waals surface area contributed by atoms with E-state index in [1.807, 2.05) is 68.4 Å². The van der Waals surface area contributed by atoms with Gasteiger partial charge in [-0.1, -0.05) is 61.0 Å². The average Bonchev–Trinajstić information content (AvgIpc) is 3.74. The molecule has 3 aliphatic rings. The summed E-state index contributed by atoms with van der Waals surface area (Å²) in [7, 11) is 0. The summed E-state index contributed by atoms with van der Waals surface area (Å²) in [4.78, 5) is 50.0. The quantitative estimate of drug-likeness (QED) is 0.197. The molecule has 1 spiro atoms. The summed E-state index contributed by atoms with van der Waals surface area (Å²) >= 11 is 6.21. The summed E-state index contributed by atoms with van der Waals surface area (Å²) in [6.07, 6.45) is 4.64. The maximum atomic E-state index is 15.1. The van der Waals surface area contributed by atoms with Gasteiger partial charge in [0.25, 0.3) is 5.91 Å². The average molecular weight is 698 g/mol. The van der Waals surface area contributed by atoms with Gasteiger partial charge < -0.3 is 29.3 Å². The van der Waals surface area contributed by atoms with Crippen molar-refractivity contribution in [2.45, 2.75) is 56.4 Å². The Hall–Kier alpha value is -4.44. The SMILES string of the molecule is C=CCN(C(=O)C1N([C@H](CO)c2ccccc2)C(=O)[C@@H]2[C@@H](C(=O)N(CC=C)c3ccc(OCC)cc3)[C@@]3(CC)CCC12O3)c1ccc(Cl)cc1. The second-order valence-electron chi connectivity index (χ2n) is 13.1. The topological polar surface area (TPSA) is 99.6 Å². The third-order valence-corrected chi connectivity index (χ3v) is 10.8. The molecular weight excluding hydrogens is 654 g/mol. The van der Waals surface area contributed by atoms with E-state index in [0.29, 0.717) is 53.6 Å². The van der Waals surface area contributed by atoms with Crippen LogP contribution in [0.15, 0.2) is 104 Å². The Bertz CT molecular complexity index is 1730. The molecule has 2 bridgehead atoms. The number of aliphatic hydroxyl groups is 1. The Labute approximate surface area is 298 Å². The van der Waals surface area contributed by atoms with Crippen LogP contribution in [0.5, 0.6) is 5.75 Å². The molecule has 3 saturated heterocycles. The molecule has 1 N–H and O–H groups in total. The number of hydrogen-bond acceptors (Lipinski definition) is 6. The fraction of sp³-hybridized carbons (Fsp3) is 0.375. The van der Waals surface area contributed by atoms with Gasteiger partial charge in [-0.15, -0.1) is 13.2 Å². The van der Waals surface area contributed by atoms with Gasteiger partial charge in [0.1, 0.15) is 17.4 Å². The molecule has 3 aromatic rings. The van der Waals surface area contributed by atoms with Crippen molar-refractivity contribution >= 4 is 40.7 Å². The fourth-order valence-corrected chi connectivity index (χ4v) is 8.53. The van der Waals surface area contributed by atoms with Crippen LogP contribution in [-0.4, -0.2) is 71.3 Å². The van der Waals surface area contributed by atoms with Crippen LogP contribution >= 0.6 is 11.6 Å². The third kappa shape index (κ3) is 5.81. The number of anilines is 2. The minimum absolute atomic E-state index is 0.154. The molecule has 0 saturated carbocycles. The van der Waals surface area contributed by atoms with Gasteiger partial charge in [0.05, 0.1) is 36.7 Å². The number of likely N-dealkylation sites (tertiary alicyclic amines) is 1. The highest BCUT2D eigenvalue weighted by atomic mass is 35.5. The van der Waals surface area contributed by atoms with Gasteiger partial charge >= 0.3 is 0 Å². The first-order valence-electron chi connectivity index (χ1n) is 17.2. The molecule has 50 heavy (non-hydrogen) atoms. The monoisotopic (exact) mass is 697 g/mol. The second-order valence-corrected chi connectivity index (χ2v) is 13.5. The molecule has 3 fully saturated rings. The van der Waals surface area contributed by atoms with E-state index in [4.69, 9.17) is 21.1 Å². The van der Waals surface area contributed by atoms with Crippen molar-refractivity contribution < 1.29 is 29.0 Å². The summed E-state index contributed by atoms with van der Waals surface area (Å²) in [5.74, 6) is -2.23. The lowest BCUT2D eigenvalue weighted by Gasteiger charge is -2.39. The largest absolute Gasteiger partial charge is 0.494 e. The number of benzene rings is 3.